The number of aromatic nitrogens is 2. The molecule has 0 saturated carbocycles. The van der Waals surface area contributed by atoms with E-state index in [1.807, 2.05) is 68.6 Å². The van der Waals surface area contributed by atoms with Gasteiger partial charge in [0.05, 0.1) is 25.3 Å². The Labute approximate surface area is 295 Å². The maximum absolute atomic E-state index is 13.4. The number of amides is 3. The number of hydrogen-bond donors (Lipinski definition) is 1. The minimum atomic E-state index is -0.635. The van der Waals surface area contributed by atoms with E-state index in [-0.39, 0.29) is 23.8 Å². The topological polar surface area (TPSA) is 133 Å². The molecule has 2 aromatic carbocycles. The molecule has 3 aliphatic rings. The van der Waals surface area contributed by atoms with Crippen LogP contribution in [0.25, 0.3) is 21.9 Å². The number of ether oxygens (including phenoxy) is 2. The van der Waals surface area contributed by atoms with Crippen molar-refractivity contribution in [3.05, 3.63) is 70.3 Å². The van der Waals surface area contributed by atoms with Gasteiger partial charge in [-0.3, -0.25) is 24.5 Å². The van der Waals surface area contributed by atoms with Crippen molar-refractivity contribution in [2.24, 2.45) is 7.05 Å². The van der Waals surface area contributed by atoms with Crippen molar-refractivity contribution in [1.82, 2.24) is 24.8 Å². The standard InChI is InChI=1S/C37H42N8O6/c1-40(2)33-17-25-27(19-38-33)36(48)41(3)21-28(25)26-16-32(51-6)30(18-31(26)50-5)42(4)44-13-11-43(12-14-44)23-8-7-22-20-45(37(49)24(22)15-23)29-9-10-34(46)39-35(29)47/h7-8,15-19,21,29H,9-14,20H2,1-6H3,(H,39,46,47). The monoisotopic (exact) mass is 694 g/mol. The summed E-state index contributed by atoms with van der Waals surface area (Å²) in [6.07, 6.45) is 4.01. The molecule has 2 aromatic heterocycles. The van der Waals surface area contributed by atoms with E-state index in [2.05, 4.69) is 25.2 Å². The van der Waals surface area contributed by atoms with Gasteiger partial charge in [0, 0.05) is 114 Å². The molecular weight excluding hydrogens is 652 g/mol. The fourth-order valence-electron chi connectivity index (χ4n) is 7.30. The van der Waals surface area contributed by atoms with Crippen LogP contribution in [0.5, 0.6) is 11.5 Å². The van der Waals surface area contributed by atoms with Crippen LogP contribution in [0, 0.1) is 0 Å². The number of methoxy groups -OCH3 is 2. The van der Waals surface area contributed by atoms with E-state index in [1.54, 1.807) is 36.9 Å². The number of imide groups is 1. The number of pyridine rings is 2. The van der Waals surface area contributed by atoms with Crippen LogP contribution in [0.4, 0.5) is 17.2 Å². The molecule has 2 saturated heterocycles. The molecule has 266 valence electrons. The molecule has 1 unspecified atom stereocenters. The predicted octanol–water partition coefficient (Wildman–Crippen LogP) is 2.62. The summed E-state index contributed by atoms with van der Waals surface area (Å²) in [4.78, 5) is 60.8. The Morgan fingerprint density at radius 1 is 0.863 bits per heavy atom. The summed E-state index contributed by atoms with van der Waals surface area (Å²) in [5.74, 6) is 1.14. The molecule has 14 nitrogen and oxygen atoms in total. The highest BCUT2D eigenvalue weighted by Gasteiger charge is 2.39. The molecule has 1 N–H and O–H groups in total. The molecule has 51 heavy (non-hydrogen) atoms. The zero-order valence-corrected chi connectivity index (χ0v) is 29.7. The average molecular weight is 695 g/mol. The van der Waals surface area contributed by atoms with Crippen LogP contribution in [0.3, 0.4) is 0 Å². The third-order valence-corrected chi connectivity index (χ3v) is 10.2. The fourth-order valence-corrected chi connectivity index (χ4v) is 7.30. The lowest BCUT2D eigenvalue weighted by Crippen LogP contribution is -2.53. The first-order chi connectivity index (χ1) is 24.5. The second-order valence-electron chi connectivity index (χ2n) is 13.4. The molecule has 5 heterocycles. The Morgan fingerprint density at radius 3 is 2.29 bits per heavy atom. The number of benzene rings is 2. The Hall–Kier alpha value is -5.63. The van der Waals surface area contributed by atoms with Crippen LogP contribution in [-0.4, -0.2) is 105 Å². The second-order valence-corrected chi connectivity index (χ2v) is 13.4. The van der Waals surface area contributed by atoms with E-state index in [1.165, 1.54) is 0 Å². The summed E-state index contributed by atoms with van der Waals surface area (Å²) in [5.41, 5.74) is 4.75. The summed E-state index contributed by atoms with van der Waals surface area (Å²) in [6, 6.07) is 11.1. The third-order valence-electron chi connectivity index (χ3n) is 10.2. The van der Waals surface area contributed by atoms with Gasteiger partial charge in [-0.25, -0.2) is 9.99 Å². The summed E-state index contributed by atoms with van der Waals surface area (Å²) < 4.78 is 13.5. The molecule has 3 amide bonds. The van der Waals surface area contributed by atoms with Crippen molar-refractivity contribution in [2.75, 3.05) is 76.4 Å². The second kappa shape index (κ2) is 13.2. The summed E-state index contributed by atoms with van der Waals surface area (Å²) in [6.45, 7) is 3.22. The van der Waals surface area contributed by atoms with E-state index in [9.17, 15) is 19.2 Å². The van der Waals surface area contributed by atoms with E-state index in [0.717, 1.165) is 52.4 Å². The molecule has 2 fully saturated rings. The van der Waals surface area contributed by atoms with Gasteiger partial charge in [0.15, 0.2) is 0 Å². The van der Waals surface area contributed by atoms with Gasteiger partial charge in [-0.2, -0.15) is 0 Å². The summed E-state index contributed by atoms with van der Waals surface area (Å²) in [7, 11) is 10.8. The third kappa shape index (κ3) is 5.98. The van der Waals surface area contributed by atoms with Gasteiger partial charge in [0.2, 0.25) is 11.8 Å². The van der Waals surface area contributed by atoms with Crippen molar-refractivity contribution >= 4 is 45.7 Å². The lowest BCUT2D eigenvalue weighted by atomic mass is 9.99. The summed E-state index contributed by atoms with van der Waals surface area (Å²) in [5, 5.41) is 7.97. The normalized spacial score (nSPS) is 17.8. The molecule has 0 spiro atoms. The number of anilines is 3. The fraction of sp³-hybridized carbons (Fsp3) is 0.378. The zero-order chi connectivity index (χ0) is 36.1. The largest absolute Gasteiger partial charge is 0.496 e. The first kappa shape index (κ1) is 33.8. The maximum Gasteiger partial charge on any atom is 0.259 e. The van der Waals surface area contributed by atoms with Gasteiger partial charge in [0.1, 0.15) is 23.4 Å². The van der Waals surface area contributed by atoms with E-state index in [4.69, 9.17) is 9.47 Å². The first-order valence-electron chi connectivity index (χ1n) is 16.9. The summed E-state index contributed by atoms with van der Waals surface area (Å²) >= 11 is 0. The molecule has 4 aromatic rings. The Bertz CT molecular complexity index is 2120. The molecule has 0 bridgehead atoms. The zero-order valence-electron chi connectivity index (χ0n) is 29.7. The van der Waals surface area contributed by atoms with Crippen LogP contribution in [-0.2, 0) is 23.2 Å². The highest BCUT2D eigenvalue weighted by Crippen LogP contribution is 2.43. The molecule has 0 radical (unpaired) electrons. The van der Waals surface area contributed by atoms with E-state index < -0.39 is 11.9 Å². The number of rotatable bonds is 8. The van der Waals surface area contributed by atoms with Crippen molar-refractivity contribution in [3.63, 3.8) is 0 Å². The number of carbonyl (C=O) groups excluding carboxylic acids is 3. The molecule has 1 atom stereocenters. The lowest BCUT2D eigenvalue weighted by Gasteiger charge is -2.41. The van der Waals surface area contributed by atoms with E-state index >= 15 is 0 Å². The molecule has 7 rings (SSSR count). The highest BCUT2D eigenvalue weighted by molar-refractivity contribution is 6.06. The number of piperazine rings is 1. The van der Waals surface area contributed by atoms with Crippen molar-refractivity contribution in [2.45, 2.75) is 25.4 Å². The number of nitrogens with zero attached hydrogens (tertiary/aromatic N) is 7. The maximum atomic E-state index is 13.4. The van der Waals surface area contributed by atoms with Crippen LogP contribution in [0.15, 0.2) is 53.6 Å². The average Bonchev–Trinajstić information content (AvgIpc) is 3.46. The number of fused-ring (bicyclic) bond motifs is 2. The van der Waals surface area contributed by atoms with Gasteiger partial charge in [-0.15, -0.1) is 0 Å². The molecule has 0 aliphatic carbocycles. The number of hydrogen-bond acceptors (Lipinski definition) is 11. The van der Waals surface area contributed by atoms with Crippen LogP contribution < -0.4 is 35.2 Å². The number of carbonyl (C=O) groups is 3. The highest BCUT2D eigenvalue weighted by atomic mass is 16.5. The van der Waals surface area contributed by atoms with Crippen molar-refractivity contribution < 1.29 is 23.9 Å². The molecule has 3 aliphatic heterocycles. The Morgan fingerprint density at radius 2 is 1.61 bits per heavy atom. The quantitative estimate of drug-likeness (QED) is 0.273. The first-order valence-corrected chi connectivity index (χ1v) is 16.9. The van der Waals surface area contributed by atoms with Crippen LogP contribution >= 0.6 is 0 Å². The van der Waals surface area contributed by atoms with Gasteiger partial charge in [-0.1, -0.05) is 6.07 Å². The Balaban J connectivity index is 1.11. The predicted molar refractivity (Wildman–Crippen MR) is 195 cm³/mol. The smallest absolute Gasteiger partial charge is 0.259 e. The molecular formula is C37H42N8O6. The van der Waals surface area contributed by atoms with Crippen molar-refractivity contribution in [3.8, 4) is 22.6 Å². The number of nitrogens with one attached hydrogen (secondary N) is 1. The van der Waals surface area contributed by atoms with Gasteiger partial charge in [-0.05, 0) is 36.2 Å². The van der Waals surface area contributed by atoms with Crippen molar-refractivity contribution in [1.29, 1.82) is 0 Å². The minimum Gasteiger partial charge on any atom is -0.496 e. The SMILES string of the molecule is COc1cc(N(C)N2CCN(c3ccc4c(c3)C(=O)N(C3CCC(=O)NC3=O)C4)CC2)c(OC)cc1-c1cn(C)c(=O)c2cnc(N(C)C)cc12. The van der Waals surface area contributed by atoms with Crippen LogP contribution in [0.2, 0.25) is 0 Å². The number of piperidine rings is 1. The number of aryl methyl sites for hydroxylation is 1. The van der Waals surface area contributed by atoms with Gasteiger partial charge in [0.25, 0.3) is 11.5 Å². The van der Waals surface area contributed by atoms with E-state index in [0.29, 0.717) is 48.5 Å². The lowest BCUT2D eigenvalue weighted by molar-refractivity contribution is -0.136. The van der Waals surface area contributed by atoms with Gasteiger partial charge >= 0.3 is 0 Å². The van der Waals surface area contributed by atoms with Gasteiger partial charge < -0.3 is 33.7 Å². The van der Waals surface area contributed by atoms with Crippen LogP contribution in [0.1, 0.15) is 28.8 Å². The number of hydrazine groups is 1. The Kier molecular flexibility index (Phi) is 8.79. The minimum absolute atomic E-state index is 0.131. The molecule has 14 heteroatoms.